The van der Waals surface area contributed by atoms with Gasteiger partial charge in [-0.25, -0.2) is 9.78 Å². The second kappa shape index (κ2) is 7.14. The van der Waals surface area contributed by atoms with E-state index in [4.69, 9.17) is 24.4 Å². The molecule has 0 saturated heterocycles. The van der Waals surface area contributed by atoms with Crippen LogP contribution < -0.4 is 0 Å². The molecule has 8 heteroatoms. The van der Waals surface area contributed by atoms with Gasteiger partial charge < -0.3 is 9.67 Å². The lowest BCUT2D eigenvalue weighted by molar-refractivity contribution is 0.0697. The van der Waals surface area contributed by atoms with Crippen molar-refractivity contribution < 1.29 is 9.90 Å². The van der Waals surface area contributed by atoms with E-state index in [9.17, 15) is 9.90 Å². The molecule has 0 unspecified atom stereocenters. The molecule has 0 atom stereocenters. The van der Waals surface area contributed by atoms with E-state index in [1.54, 1.807) is 18.2 Å². The molecule has 0 radical (unpaired) electrons. The summed E-state index contributed by atoms with van der Waals surface area (Å²) in [6.07, 6.45) is 0. The van der Waals surface area contributed by atoms with Crippen LogP contribution >= 0.6 is 24.4 Å². The summed E-state index contributed by atoms with van der Waals surface area (Å²) in [7, 11) is 0. The van der Waals surface area contributed by atoms with Gasteiger partial charge in [-0.1, -0.05) is 66.9 Å². The van der Waals surface area contributed by atoms with Gasteiger partial charge in [-0.3, -0.25) is 0 Å². The molecule has 1 aliphatic rings. The monoisotopic (exact) mass is 406 g/mol. The fraction of sp³-hybridized carbons (Fsp3) is 0.100. The van der Waals surface area contributed by atoms with Gasteiger partial charge in [0.25, 0.3) is 0 Å². The Balaban J connectivity index is 1.67. The van der Waals surface area contributed by atoms with E-state index in [-0.39, 0.29) is 5.56 Å². The maximum Gasteiger partial charge on any atom is 0.336 e. The van der Waals surface area contributed by atoms with Crippen LogP contribution in [0.3, 0.4) is 0 Å². The lowest BCUT2D eigenvalue weighted by Gasteiger charge is -2.12. The van der Waals surface area contributed by atoms with Gasteiger partial charge in [0.15, 0.2) is 9.98 Å². The summed E-state index contributed by atoms with van der Waals surface area (Å²) in [5.74, 6) is -0.165. The van der Waals surface area contributed by atoms with Crippen LogP contribution in [0, 0.1) is 6.92 Å². The Kier molecular flexibility index (Phi) is 4.66. The quantitative estimate of drug-likeness (QED) is 0.649. The summed E-state index contributed by atoms with van der Waals surface area (Å²) >= 11 is 10.5. The Morgan fingerprint density at radius 1 is 1.04 bits per heavy atom. The van der Waals surface area contributed by atoms with Crippen molar-refractivity contribution in [2.45, 2.75) is 13.5 Å². The van der Waals surface area contributed by atoms with Gasteiger partial charge in [-0.2, -0.15) is 0 Å². The largest absolute Gasteiger partial charge is 0.478 e. The number of aryl methyl sites for hydroxylation is 1. The zero-order chi connectivity index (χ0) is 19.8. The third kappa shape index (κ3) is 3.17. The van der Waals surface area contributed by atoms with Gasteiger partial charge in [-0.05, 0) is 29.7 Å². The Morgan fingerprint density at radius 2 is 1.71 bits per heavy atom. The summed E-state index contributed by atoms with van der Waals surface area (Å²) < 4.78 is 1.97. The first-order valence-electron chi connectivity index (χ1n) is 8.45. The van der Waals surface area contributed by atoms with Crippen LogP contribution in [-0.2, 0) is 6.54 Å². The third-order valence-corrected chi connectivity index (χ3v) is 5.11. The van der Waals surface area contributed by atoms with Crippen LogP contribution in [0.15, 0.2) is 58.8 Å². The Morgan fingerprint density at radius 3 is 2.43 bits per heavy atom. The van der Waals surface area contributed by atoms with Crippen molar-refractivity contribution in [2.75, 3.05) is 0 Å². The minimum Gasteiger partial charge on any atom is -0.478 e. The molecule has 138 valence electrons. The van der Waals surface area contributed by atoms with Gasteiger partial charge in [-0.15, -0.1) is 10.2 Å². The molecule has 0 saturated carbocycles. The topological polar surface area (TPSA) is 79.8 Å². The molecule has 1 aliphatic heterocycles. The summed E-state index contributed by atoms with van der Waals surface area (Å²) in [6.45, 7) is 2.44. The number of imidazole rings is 1. The van der Waals surface area contributed by atoms with Crippen molar-refractivity contribution in [1.29, 1.82) is 0 Å². The van der Waals surface area contributed by atoms with Crippen molar-refractivity contribution in [3.8, 4) is 11.1 Å². The molecule has 3 aromatic rings. The zero-order valence-electron chi connectivity index (χ0n) is 14.8. The van der Waals surface area contributed by atoms with E-state index in [2.05, 4.69) is 15.2 Å². The van der Waals surface area contributed by atoms with Crippen molar-refractivity contribution >= 4 is 40.4 Å². The van der Waals surface area contributed by atoms with Gasteiger partial charge in [0.2, 0.25) is 0 Å². The number of thiocarbonyl (C=S) groups is 2. The maximum atomic E-state index is 11.5. The van der Waals surface area contributed by atoms with Crippen LogP contribution in [0.2, 0.25) is 0 Å². The average molecular weight is 406 g/mol. The van der Waals surface area contributed by atoms with E-state index in [0.29, 0.717) is 33.5 Å². The first-order valence-corrected chi connectivity index (χ1v) is 9.26. The molecule has 0 fully saturated rings. The van der Waals surface area contributed by atoms with Crippen LogP contribution in [0.25, 0.3) is 11.1 Å². The van der Waals surface area contributed by atoms with Crippen molar-refractivity contribution in [3.63, 3.8) is 0 Å². The molecule has 0 aliphatic carbocycles. The number of aromatic carboxylic acids is 1. The number of nitrogens with zero attached hydrogens (tertiary/aromatic N) is 4. The van der Waals surface area contributed by atoms with Gasteiger partial charge in [0, 0.05) is 6.54 Å². The first kappa shape index (κ1) is 18.3. The Labute approximate surface area is 171 Å². The second-order valence-corrected chi connectivity index (χ2v) is 7.07. The smallest absolute Gasteiger partial charge is 0.336 e. The van der Waals surface area contributed by atoms with Crippen LogP contribution in [0.5, 0.6) is 0 Å². The molecule has 1 N–H and O–H groups in total. The predicted octanol–water partition coefficient (Wildman–Crippen LogP) is 4.42. The SMILES string of the molecule is Cc1nc2c(n1Cc1ccc(-c3ccccc3C(=O)O)cc1)C(=S)N=NC2=S. The maximum absolute atomic E-state index is 11.5. The fourth-order valence-corrected chi connectivity index (χ4v) is 3.63. The Bertz CT molecular complexity index is 1160. The Hall–Kier alpha value is -3.10. The minimum absolute atomic E-state index is 0.277. The van der Waals surface area contributed by atoms with Crippen LogP contribution in [-0.4, -0.2) is 30.6 Å². The molecular weight excluding hydrogens is 392 g/mol. The number of carboxylic acids is 1. The lowest BCUT2D eigenvalue weighted by Crippen LogP contribution is -2.15. The van der Waals surface area contributed by atoms with E-state index in [1.807, 2.05) is 41.8 Å². The molecular formula is C20H14N4O2S2. The molecule has 0 amide bonds. The van der Waals surface area contributed by atoms with Crippen molar-refractivity contribution in [1.82, 2.24) is 9.55 Å². The molecule has 2 heterocycles. The molecule has 28 heavy (non-hydrogen) atoms. The molecule has 4 rings (SSSR count). The van der Waals surface area contributed by atoms with Gasteiger partial charge in [0.05, 0.1) is 5.56 Å². The summed E-state index contributed by atoms with van der Waals surface area (Å²) in [6, 6.07) is 14.7. The fourth-order valence-electron chi connectivity index (χ4n) is 3.20. The standard InChI is InChI=1S/C20H14N4O2S2/c1-11-21-16-17(19(28)23-22-18(16)27)24(11)10-12-6-8-13(9-7-12)14-4-2-3-5-15(14)20(25)26/h2-9H,10H2,1H3,(H,25,26). The normalized spacial score (nSPS) is 12.9. The van der Waals surface area contributed by atoms with Crippen LogP contribution in [0.4, 0.5) is 0 Å². The molecule has 1 aromatic heterocycles. The van der Waals surface area contributed by atoms with E-state index >= 15 is 0 Å². The number of hydrogen-bond acceptors (Lipinski definition) is 4. The third-order valence-electron chi connectivity index (χ3n) is 4.56. The lowest BCUT2D eigenvalue weighted by atomic mass is 9.99. The summed E-state index contributed by atoms with van der Waals surface area (Å²) in [4.78, 5) is 16.7. The van der Waals surface area contributed by atoms with Crippen LogP contribution in [0.1, 0.15) is 33.1 Å². The minimum atomic E-state index is -0.945. The van der Waals surface area contributed by atoms with E-state index < -0.39 is 5.97 Å². The van der Waals surface area contributed by atoms with Crippen molar-refractivity contribution in [3.05, 3.63) is 76.9 Å². The highest BCUT2D eigenvalue weighted by atomic mass is 32.1. The number of hydrogen-bond donors (Lipinski definition) is 1. The van der Waals surface area contributed by atoms with E-state index in [0.717, 1.165) is 17.0 Å². The highest BCUT2D eigenvalue weighted by Gasteiger charge is 2.25. The number of benzene rings is 2. The zero-order valence-corrected chi connectivity index (χ0v) is 16.4. The molecule has 0 bridgehead atoms. The summed E-state index contributed by atoms with van der Waals surface area (Å²) in [5.41, 5.74) is 4.14. The highest BCUT2D eigenvalue weighted by molar-refractivity contribution is 7.81. The first-order chi connectivity index (χ1) is 13.5. The predicted molar refractivity (Wildman–Crippen MR) is 113 cm³/mol. The second-order valence-electron chi connectivity index (χ2n) is 6.30. The molecule has 0 spiro atoms. The number of rotatable bonds is 4. The molecule has 2 aromatic carbocycles. The van der Waals surface area contributed by atoms with Crippen molar-refractivity contribution in [2.24, 2.45) is 10.2 Å². The number of aromatic nitrogens is 2. The number of fused-ring (bicyclic) bond motifs is 1. The van der Waals surface area contributed by atoms with Gasteiger partial charge in [0.1, 0.15) is 17.2 Å². The highest BCUT2D eigenvalue weighted by Crippen LogP contribution is 2.26. The van der Waals surface area contributed by atoms with Gasteiger partial charge >= 0.3 is 5.97 Å². The molecule has 6 nitrogen and oxygen atoms in total. The number of carboxylic acid groups (broad SMARTS) is 1. The average Bonchev–Trinajstić information content (AvgIpc) is 3.03. The summed E-state index contributed by atoms with van der Waals surface area (Å²) in [5, 5.41) is 17.2. The number of carbonyl (C=O) groups is 1. The van der Waals surface area contributed by atoms with E-state index in [1.165, 1.54) is 0 Å². The number of azo groups is 1.